The predicted octanol–water partition coefficient (Wildman–Crippen LogP) is 3.95. The van der Waals surface area contributed by atoms with Gasteiger partial charge in [-0.05, 0) is 25.6 Å². The number of benzene rings is 1. The number of rotatable bonds is 6. The molecule has 0 aromatic heterocycles. The number of hydrogen-bond acceptors (Lipinski definition) is 1. The average Bonchev–Trinajstić information content (AvgIpc) is 2.25. The Hall–Kier alpha value is -0.169. The van der Waals surface area contributed by atoms with Crippen molar-refractivity contribution in [3.63, 3.8) is 0 Å². The Morgan fingerprint density at radius 1 is 0.900 bits per heavy atom. The summed E-state index contributed by atoms with van der Waals surface area (Å²) >= 11 is 0. The van der Waals surface area contributed by atoms with Gasteiger partial charge in [0.05, 0.1) is 8.31 Å². The average molecular weight is 325 g/mol. The first kappa shape index (κ1) is 17.9. The third-order valence-corrected chi connectivity index (χ3v) is 16.9. The highest BCUT2D eigenvalue weighted by molar-refractivity contribution is 7.37. The van der Waals surface area contributed by atoms with E-state index >= 15 is 0 Å². The Morgan fingerprint density at radius 3 is 1.75 bits per heavy atom. The van der Waals surface area contributed by atoms with Gasteiger partial charge in [0.15, 0.2) is 8.32 Å². The molecule has 1 aromatic rings. The van der Waals surface area contributed by atoms with E-state index in [2.05, 4.69) is 83.5 Å². The van der Waals surface area contributed by atoms with Gasteiger partial charge < -0.3 is 4.43 Å². The van der Waals surface area contributed by atoms with Gasteiger partial charge in [-0.3, -0.25) is 0 Å². The van der Waals surface area contributed by atoms with Crippen LogP contribution in [0.2, 0.25) is 39.3 Å². The van der Waals surface area contributed by atoms with E-state index in [9.17, 15) is 0 Å². The molecule has 0 saturated heterocycles. The molecule has 1 nitrogen and oxygen atoms in total. The summed E-state index contributed by atoms with van der Waals surface area (Å²) in [5.74, 6) is 0.616. The van der Waals surface area contributed by atoms with Crippen LogP contribution in [0.4, 0.5) is 0 Å². The fourth-order valence-electron chi connectivity index (χ4n) is 2.84. The quantitative estimate of drug-likeness (QED) is 0.720. The molecule has 114 valence electrons. The van der Waals surface area contributed by atoms with Crippen LogP contribution in [0.15, 0.2) is 30.3 Å². The molecular weight excluding hydrogens is 292 g/mol. The van der Waals surface area contributed by atoms with E-state index < -0.39 is 24.2 Å². The zero-order chi connectivity index (χ0) is 15.6. The Labute approximate surface area is 129 Å². The van der Waals surface area contributed by atoms with Crippen LogP contribution in [0.1, 0.15) is 13.8 Å². The topological polar surface area (TPSA) is 9.23 Å². The molecule has 0 spiro atoms. The summed E-state index contributed by atoms with van der Waals surface area (Å²) in [7, 11) is -3.82. The smallest absolute Gasteiger partial charge is 0.183 e. The van der Waals surface area contributed by atoms with Gasteiger partial charge in [0.1, 0.15) is 0 Å². The highest BCUT2D eigenvalue weighted by Gasteiger charge is 2.40. The fourth-order valence-corrected chi connectivity index (χ4v) is 17.8. The van der Waals surface area contributed by atoms with E-state index in [-0.39, 0.29) is 0 Å². The van der Waals surface area contributed by atoms with E-state index in [4.69, 9.17) is 4.43 Å². The van der Waals surface area contributed by atoms with Crippen LogP contribution in [0, 0.1) is 5.92 Å². The molecule has 0 aliphatic carbocycles. The molecule has 2 unspecified atom stereocenters. The van der Waals surface area contributed by atoms with Crippen molar-refractivity contribution < 1.29 is 4.43 Å². The highest BCUT2D eigenvalue weighted by Crippen LogP contribution is 2.22. The second-order valence-electron chi connectivity index (χ2n) is 8.19. The lowest BCUT2D eigenvalue weighted by Gasteiger charge is -2.40. The minimum Gasteiger partial charge on any atom is -0.418 e. The molecule has 0 bridgehead atoms. The summed E-state index contributed by atoms with van der Waals surface area (Å²) < 4.78 is 6.68. The standard InChI is InChI=1S/C16H32OSi3/c1-14(2)16(17-19(3,4)5)18(20(6,7)8)15-12-10-9-11-13-15/h9-14,16,18H,1-8H3. The molecule has 0 aliphatic heterocycles. The highest BCUT2D eigenvalue weighted by atomic mass is 29.2. The SMILES string of the molecule is CC(C)C(O[Si](C)(C)C)[SiH](c1ccccc1)[Si](C)(C)C. The van der Waals surface area contributed by atoms with Crippen molar-refractivity contribution in [2.75, 3.05) is 0 Å². The van der Waals surface area contributed by atoms with Crippen molar-refractivity contribution >= 4 is 29.4 Å². The van der Waals surface area contributed by atoms with E-state index in [1.54, 1.807) is 5.19 Å². The summed E-state index contributed by atoms with van der Waals surface area (Å²) in [6, 6.07) is 11.2. The zero-order valence-electron chi connectivity index (χ0n) is 14.5. The van der Waals surface area contributed by atoms with Gasteiger partial charge in [-0.15, -0.1) is 0 Å². The van der Waals surface area contributed by atoms with Crippen molar-refractivity contribution in [2.24, 2.45) is 5.92 Å². The van der Waals surface area contributed by atoms with Crippen molar-refractivity contribution in [2.45, 2.75) is 58.9 Å². The van der Waals surface area contributed by atoms with Crippen molar-refractivity contribution in [3.8, 4) is 0 Å². The molecule has 20 heavy (non-hydrogen) atoms. The maximum absolute atomic E-state index is 6.68. The van der Waals surface area contributed by atoms with Crippen molar-refractivity contribution in [3.05, 3.63) is 30.3 Å². The first-order valence-corrected chi connectivity index (χ1v) is 17.7. The van der Waals surface area contributed by atoms with Gasteiger partial charge in [0, 0.05) is 13.3 Å². The van der Waals surface area contributed by atoms with Crippen LogP contribution in [0.5, 0.6) is 0 Å². The van der Waals surface area contributed by atoms with E-state index in [1.807, 2.05) is 0 Å². The summed E-state index contributed by atoms with van der Waals surface area (Å²) in [4.78, 5) is 0. The van der Waals surface area contributed by atoms with Crippen LogP contribution in [-0.4, -0.2) is 30.0 Å². The van der Waals surface area contributed by atoms with Crippen LogP contribution in [0.25, 0.3) is 0 Å². The first-order chi connectivity index (χ1) is 9.02. The second-order valence-corrected chi connectivity index (χ2v) is 26.7. The van der Waals surface area contributed by atoms with Crippen LogP contribution < -0.4 is 5.19 Å². The van der Waals surface area contributed by atoms with Crippen molar-refractivity contribution in [1.82, 2.24) is 0 Å². The van der Waals surface area contributed by atoms with Crippen LogP contribution in [0.3, 0.4) is 0 Å². The van der Waals surface area contributed by atoms with Gasteiger partial charge >= 0.3 is 0 Å². The molecule has 1 aromatic carbocycles. The van der Waals surface area contributed by atoms with E-state index in [1.165, 1.54) is 0 Å². The minimum absolute atomic E-state index is 0.482. The molecule has 0 heterocycles. The summed E-state index contributed by atoms with van der Waals surface area (Å²) in [6.07, 6.45) is 0. The Bertz CT molecular complexity index is 404. The van der Waals surface area contributed by atoms with Crippen LogP contribution in [-0.2, 0) is 4.43 Å². The Balaban J connectivity index is 3.20. The second kappa shape index (κ2) is 6.73. The predicted molar refractivity (Wildman–Crippen MR) is 99.6 cm³/mol. The fraction of sp³-hybridized carbons (Fsp3) is 0.625. The van der Waals surface area contributed by atoms with E-state index in [0.717, 1.165) is 0 Å². The molecule has 0 amide bonds. The number of hydrogen-bond donors (Lipinski definition) is 0. The van der Waals surface area contributed by atoms with E-state index in [0.29, 0.717) is 11.6 Å². The Kier molecular flexibility index (Phi) is 6.02. The monoisotopic (exact) mass is 324 g/mol. The lowest BCUT2D eigenvalue weighted by atomic mass is 10.2. The summed E-state index contributed by atoms with van der Waals surface area (Å²) in [5, 5.41) is 1.60. The van der Waals surface area contributed by atoms with Gasteiger partial charge in [-0.2, -0.15) is 0 Å². The molecule has 0 fully saturated rings. The molecule has 0 saturated carbocycles. The lowest BCUT2D eigenvalue weighted by molar-refractivity contribution is 0.217. The van der Waals surface area contributed by atoms with Gasteiger partial charge in [0.25, 0.3) is 0 Å². The van der Waals surface area contributed by atoms with Crippen molar-refractivity contribution in [1.29, 1.82) is 0 Å². The van der Waals surface area contributed by atoms with Gasteiger partial charge in [-0.1, -0.05) is 69.0 Å². The Morgan fingerprint density at radius 2 is 1.40 bits per heavy atom. The lowest BCUT2D eigenvalue weighted by Crippen LogP contribution is -2.63. The minimum atomic E-state index is -1.50. The summed E-state index contributed by atoms with van der Waals surface area (Å²) in [5.41, 5.74) is 0.482. The molecule has 0 N–H and O–H groups in total. The molecule has 0 aliphatic rings. The summed E-state index contributed by atoms with van der Waals surface area (Å²) in [6.45, 7) is 19.2. The molecule has 1 rings (SSSR count). The molecule has 0 radical (unpaired) electrons. The van der Waals surface area contributed by atoms with Gasteiger partial charge in [-0.25, -0.2) is 0 Å². The van der Waals surface area contributed by atoms with Crippen LogP contribution >= 0.6 is 0 Å². The largest absolute Gasteiger partial charge is 0.418 e. The maximum atomic E-state index is 6.68. The van der Waals surface area contributed by atoms with Gasteiger partial charge in [0.2, 0.25) is 0 Å². The molecule has 2 atom stereocenters. The normalized spacial score (nSPS) is 16.2. The maximum Gasteiger partial charge on any atom is 0.183 e. The molecular formula is C16H32OSi3. The third-order valence-electron chi connectivity index (χ3n) is 3.57. The first-order valence-electron chi connectivity index (χ1n) is 7.75. The third kappa shape index (κ3) is 5.31. The zero-order valence-corrected chi connectivity index (χ0v) is 17.7. The molecule has 4 heteroatoms.